The summed E-state index contributed by atoms with van der Waals surface area (Å²) in [5.41, 5.74) is -1.25. The Morgan fingerprint density at radius 2 is 1.81 bits per heavy atom. The molecule has 174 valence electrons. The number of carbonyl (C=O) groups is 2. The minimum atomic E-state index is -3.67. The topological polar surface area (TPSA) is 96.0 Å². The molecule has 4 aliphatic carbocycles. The van der Waals surface area contributed by atoms with E-state index in [0.717, 1.165) is 51.2 Å². The zero-order valence-corrected chi connectivity index (χ0v) is 19.7. The van der Waals surface area contributed by atoms with Crippen LogP contribution in [0.15, 0.2) is 0 Å². The van der Waals surface area contributed by atoms with Crippen LogP contribution in [0.25, 0.3) is 0 Å². The zero-order valence-electron chi connectivity index (χ0n) is 18.9. The summed E-state index contributed by atoms with van der Waals surface area (Å²) in [6.07, 6.45) is 7.26. The Kier molecular flexibility index (Phi) is 4.68. The van der Waals surface area contributed by atoms with Crippen molar-refractivity contribution >= 4 is 22.1 Å². The lowest BCUT2D eigenvalue weighted by atomic mass is 9.43. The fourth-order valence-corrected chi connectivity index (χ4v) is 9.37. The first-order chi connectivity index (χ1) is 14.4. The largest absolute Gasteiger partial charge is 0.463 e. The molecule has 0 aromatic heterocycles. The van der Waals surface area contributed by atoms with Crippen LogP contribution in [0, 0.1) is 34.5 Å². The predicted molar refractivity (Wildman–Crippen MR) is 111 cm³/mol. The second-order valence-corrected chi connectivity index (χ2v) is 12.8. The molecule has 7 nitrogen and oxygen atoms in total. The predicted octanol–water partition coefficient (Wildman–Crippen LogP) is 3.21. The van der Waals surface area contributed by atoms with E-state index < -0.39 is 27.2 Å². The highest BCUT2D eigenvalue weighted by Gasteiger charge is 2.78. The Hall–Kier alpha value is -1.15. The van der Waals surface area contributed by atoms with Gasteiger partial charge in [0.15, 0.2) is 0 Å². The highest BCUT2D eigenvalue weighted by atomic mass is 32.2. The van der Waals surface area contributed by atoms with Crippen LogP contribution in [0.5, 0.6) is 0 Å². The summed E-state index contributed by atoms with van der Waals surface area (Å²) in [6.45, 7) is 5.82. The van der Waals surface area contributed by atoms with E-state index in [4.69, 9.17) is 13.7 Å². The van der Waals surface area contributed by atoms with Gasteiger partial charge in [-0.05, 0) is 68.6 Å². The van der Waals surface area contributed by atoms with Crippen molar-refractivity contribution in [2.75, 3.05) is 6.26 Å². The summed E-state index contributed by atoms with van der Waals surface area (Å²) in [6, 6.07) is 0. The Labute approximate surface area is 184 Å². The summed E-state index contributed by atoms with van der Waals surface area (Å²) >= 11 is 0. The molecule has 0 amide bonds. The zero-order chi connectivity index (χ0) is 22.4. The van der Waals surface area contributed by atoms with Crippen LogP contribution in [-0.2, 0) is 33.4 Å². The van der Waals surface area contributed by atoms with E-state index in [0.29, 0.717) is 12.3 Å². The lowest BCUT2D eigenvalue weighted by Crippen LogP contribution is -2.65. The lowest BCUT2D eigenvalue weighted by Gasteiger charge is -2.63. The van der Waals surface area contributed by atoms with Crippen LogP contribution >= 0.6 is 0 Å². The van der Waals surface area contributed by atoms with Gasteiger partial charge in [0, 0.05) is 18.3 Å². The minimum absolute atomic E-state index is 0.0121. The van der Waals surface area contributed by atoms with Gasteiger partial charge in [0.2, 0.25) is 0 Å². The molecule has 0 spiro atoms. The second-order valence-electron chi connectivity index (χ2n) is 11.2. The first-order valence-electron chi connectivity index (χ1n) is 11.7. The molecule has 0 radical (unpaired) electrons. The fourth-order valence-electron chi connectivity index (χ4n) is 8.67. The van der Waals surface area contributed by atoms with Gasteiger partial charge in [-0.2, -0.15) is 8.42 Å². The number of hydrogen-bond acceptors (Lipinski definition) is 7. The first-order valence-corrected chi connectivity index (χ1v) is 13.5. The van der Waals surface area contributed by atoms with Crippen LogP contribution in [0.3, 0.4) is 0 Å². The van der Waals surface area contributed by atoms with Crippen molar-refractivity contribution in [3.63, 3.8) is 0 Å². The third-order valence-electron chi connectivity index (χ3n) is 10.0. The van der Waals surface area contributed by atoms with Gasteiger partial charge in [-0.15, -0.1) is 0 Å². The molecule has 5 aliphatic rings. The van der Waals surface area contributed by atoms with Gasteiger partial charge in [-0.25, -0.2) is 0 Å². The lowest BCUT2D eigenvalue weighted by molar-refractivity contribution is -0.223. The number of fused-ring (bicyclic) bond motifs is 3. The Bertz CT molecular complexity index is 915. The SMILES string of the molecule is CC(=O)O[C@H]1CC[C@@]2(C)[C@H](CC[C@@H]3[C@@H]2C[C@H](OS(C)(=O)=O)[C@]2(C)[C@@H]4CC[C@]32OC4=O)C1. The monoisotopic (exact) mass is 454 g/mol. The summed E-state index contributed by atoms with van der Waals surface area (Å²) < 4.78 is 41.9. The molecule has 1 saturated heterocycles. The smallest absolute Gasteiger partial charge is 0.310 e. The van der Waals surface area contributed by atoms with E-state index in [1.54, 1.807) is 0 Å². The van der Waals surface area contributed by atoms with Gasteiger partial charge in [0.1, 0.15) is 11.7 Å². The van der Waals surface area contributed by atoms with Gasteiger partial charge in [0.25, 0.3) is 10.1 Å². The second kappa shape index (κ2) is 6.69. The molecule has 0 aromatic carbocycles. The number of rotatable bonds is 3. The summed E-state index contributed by atoms with van der Waals surface area (Å²) in [4.78, 5) is 24.3. The van der Waals surface area contributed by atoms with E-state index in [-0.39, 0.29) is 41.2 Å². The maximum Gasteiger partial charge on any atom is 0.310 e. The van der Waals surface area contributed by atoms with Crippen molar-refractivity contribution in [1.82, 2.24) is 0 Å². The minimum Gasteiger partial charge on any atom is -0.463 e. The van der Waals surface area contributed by atoms with Crippen LogP contribution in [0.1, 0.15) is 72.1 Å². The van der Waals surface area contributed by atoms with E-state index in [9.17, 15) is 18.0 Å². The molecule has 8 heteroatoms. The Balaban J connectivity index is 1.52. The highest BCUT2D eigenvalue weighted by Crippen LogP contribution is 2.73. The molecule has 0 unspecified atom stereocenters. The summed E-state index contributed by atoms with van der Waals surface area (Å²) in [5, 5.41) is 0. The van der Waals surface area contributed by atoms with Crippen LogP contribution in [0.2, 0.25) is 0 Å². The van der Waals surface area contributed by atoms with E-state index in [2.05, 4.69) is 6.92 Å². The molecule has 5 fully saturated rings. The highest BCUT2D eigenvalue weighted by molar-refractivity contribution is 7.86. The third-order valence-corrected chi connectivity index (χ3v) is 10.6. The van der Waals surface area contributed by atoms with Crippen molar-refractivity contribution in [1.29, 1.82) is 0 Å². The Morgan fingerprint density at radius 1 is 1.06 bits per heavy atom. The molecule has 5 rings (SSSR count). The average molecular weight is 455 g/mol. The van der Waals surface area contributed by atoms with E-state index >= 15 is 0 Å². The van der Waals surface area contributed by atoms with Crippen molar-refractivity contribution in [2.45, 2.75) is 89.9 Å². The summed E-state index contributed by atoms with van der Waals surface area (Å²) in [5.74, 6) is 0.147. The summed E-state index contributed by atoms with van der Waals surface area (Å²) in [7, 11) is -3.67. The van der Waals surface area contributed by atoms with Crippen LogP contribution in [-0.4, -0.2) is 44.4 Å². The molecular weight excluding hydrogens is 420 g/mol. The molecule has 0 N–H and O–H groups in total. The van der Waals surface area contributed by atoms with Crippen LogP contribution < -0.4 is 0 Å². The van der Waals surface area contributed by atoms with Gasteiger partial charge < -0.3 is 9.47 Å². The quantitative estimate of drug-likeness (QED) is 0.477. The molecule has 0 aromatic rings. The maximum absolute atomic E-state index is 12.8. The fraction of sp³-hybridized carbons (Fsp3) is 0.913. The van der Waals surface area contributed by atoms with Crippen molar-refractivity contribution in [3.05, 3.63) is 0 Å². The molecule has 4 saturated carbocycles. The van der Waals surface area contributed by atoms with Gasteiger partial charge >= 0.3 is 11.9 Å². The van der Waals surface area contributed by atoms with Gasteiger partial charge in [-0.1, -0.05) is 13.8 Å². The average Bonchev–Trinajstić information content (AvgIpc) is 3.07. The Morgan fingerprint density at radius 3 is 2.45 bits per heavy atom. The number of ether oxygens (including phenoxy) is 2. The van der Waals surface area contributed by atoms with Crippen molar-refractivity contribution < 1.29 is 31.7 Å². The molecule has 31 heavy (non-hydrogen) atoms. The van der Waals surface area contributed by atoms with Gasteiger partial charge in [0.05, 0.1) is 18.3 Å². The number of esters is 2. The number of carbonyl (C=O) groups excluding carboxylic acids is 2. The van der Waals surface area contributed by atoms with Gasteiger partial charge in [-0.3, -0.25) is 13.8 Å². The molecule has 2 bridgehead atoms. The maximum atomic E-state index is 12.8. The van der Waals surface area contributed by atoms with Crippen molar-refractivity contribution in [2.24, 2.45) is 34.5 Å². The first kappa shape index (κ1) is 21.7. The van der Waals surface area contributed by atoms with E-state index in [1.165, 1.54) is 6.92 Å². The van der Waals surface area contributed by atoms with Crippen molar-refractivity contribution in [3.8, 4) is 0 Å². The molecule has 1 aliphatic heterocycles. The number of hydrogen-bond donors (Lipinski definition) is 0. The normalized spacial score (nSPS) is 50.8. The molecule has 1 heterocycles. The molecular formula is C23H34O7S. The molecule has 9 atom stereocenters. The standard InChI is InChI=1S/C23H34O7S/c1-13(24)28-15-7-9-21(2)14(11-15)5-6-16-18(21)12-19(30-31(4,26)27)22(3)17-8-10-23(16,22)29-20(17)25/h14-19H,5-12H2,1-4H3/t14-,15+,16-,17-,18+,19+,21+,22+,23+/m1/s1. The van der Waals surface area contributed by atoms with E-state index in [1.807, 2.05) is 6.92 Å². The van der Waals surface area contributed by atoms with Crippen LogP contribution in [0.4, 0.5) is 0 Å². The third kappa shape index (κ3) is 2.89.